The van der Waals surface area contributed by atoms with Gasteiger partial charge in [0.15, 0.2) is 0 Å². The van der Waals surface area contributed by atoms with E-state index in [9.17, 15) is 13.2 Å². The number of hydrogen-bond acceptors (Lipinski definition) is 0. The van der Waals surface area contributed by atoms with Gasteiger partial charge in [-0.05, 0) is 19.3 Å². The molecular formula is C7H11F3. The third-order valence-electron chi connectivity index (χ3n) is 1.12. The van der Waals surface area contributed by atoms with Crippen LogP contribution in [0.25, 0.3) is 0 Å². The maximum absolute atomic E-state index is 11.5. The quantitative estimate of drug-likeness (QED) is 0.428. The number of alkyl halides is 3. The summed E-state index contributed by atoms with van der Waals surface area (Å²) in [5.74, 6) is 0. The molecule has 0 heterocycles. The second-order valence-electron chi connectivity index (χ2n) is 2.15. The SMILES string of the molecule is C=CCCCCC(F)(F)F. The second kappa shape index (κ2) is 4.36. The lowest BCUT2D eigenvalue weighted by Crippen LogP contribution is -2.05. The van der Waals surface area contributed by atoms with Gasteiger partial charge in [0.1, 0.15) is 0 Å². The Labute approximate surface area is 58.7 Å². The molecule has 0 aliphatic rings. The molecule has 0 aromatic rings. The molecule has 0 spiro atoms. The van der Waals surface area contributed by atoms with Gasteiger partial charge in [0.2, 0.25) is 0 Å². The van der Waals surface area contributed by atoms with Crippen LogP contribution < -0.4 is 0 Å². The first kappa shape index (κ1) is 9.53. The molecule has 0 atom stereocenters. The average Bonchev–Trinajstić information content (AvgIpc) is 1.78. The average molecular weight is 152 g/mol. The topological polar surface area (TPSA) is 0 Å². The fraction of sp³-hybridized carbons (Fsp3) is 0.714. The molecule has 0 nitrogen and oxygen atoms in total. The summed E-state index contributed by atoms with van der Waals surface area (Å²) in [6, 6.07) is 0. The Kier molecular flexibility index (Phi) is 4.16. The molecular weight excluding hydrogens is 141 g/mol. The summed E-state index contributed by atoms with van der Waals surface area (Å²) in [5.41, 5.74) is 0. The predicted molar refractivity (Wildman–Crippen MR) is 34.7 cm³/mol. The number of unbranched alkanes of at least 4 members (excludes halogenated alkanes) is 2. The minimum atomic E-state index is -3.98. The Balaban J connectivity index is 3.12. The summed E-state index contributed by atoms with van der Waals surface area (Å²) in [7, 11) is 0. The Hall–Kier alpha value is -0.470. The zero-order valence-corrected chi connectivity index (χ0v) is 5.75. The molecule has 0 radical (unpaired) electrons. The zero-order valence-electron chi connectivity index (χ0n) is 5.75. The molecule has 0 saturated heterocycles. The van der Waals surface area contributed by atoms with Crippen molar-refractivity contribution < 1.29 is 13.2 Å². The van der Waals surface area contributed by atoms with Crippen LogP contribution in [0.3, 0.4) is 0 Å². The van der Waals surface area contributed by atoms with E-state index in [0.29, 0.717) is 12.8 Å². The van der Waals surface area contributed by atoms with Gasteiger partial charge in [0, 0.05) is 6.42 Å². The van der Waals surface area contributed by atoms with Crippen molar-refractivity contribution in [3.63, 3.8) is 0 Å². The van der Waals surface area contributed by atoms with Crippen molar-refractivity contribution >= 4 is 0 Å². The highest BCUT2D eigenvalue weighted by Crippen LogP contribution is 2.22. The van der Waals surface area contributed by atoms with Crippen LogP contribution in [0, 0.1) is 0 Å². The first-order valence-corrected chi connectivity index (χ1v) is 3.24. The summed E-state index contributed by atoms with van der Waals surface area (Å²) in [6.07, 6.45) is -1.53. The van der Waals surface area contributed by atoms with E-state index in [0.717, 1.165) is 0 Å². The van der Waals surface area contributed by atoms with Crippen LogP contribution in [0.2, 0.25) is 0 Å². The highest BCUT2D eigenvalue weighted by atomic mass is 19.4. The highest BCUT2D eigenvalue weighted by molar-refractivity contribution is 4.66. The molecule has 10 heavy (non-hydrogen) atoms. The lowest BCUT2D eigenvalue weighted by molar-refractivity contribution is -0.135. The van der Waals surface area contributed by atoms with Gasteiger partial charge in [-0.1, -0.05) is 6.08 Å². The van der Waals surface area contributed by atoms with E-state index in [2.05, 4.69) is 6.58 Å². The van der Waals surface area contributed by atoms with E-state index in [-0.39, 0.29) is 6.42 Å². The number of halogens is 3. The maximum Gasteiger partial charge on any atom is 0.389 e. The number of rotatable bonds is 4. The molecule has 0 N–H and O–H groups in total. The molecule has 60 valence electrons. The van der Waals surface area contributed by atoms with E-state index in [1.54, 1.807) is 6.08 Å². The first-order valence-electron chi connectivity index (χ1n) is 3.24. The summed E-state index contributed by atoms with van der Waals surface area (Å²) in [5, 5.41) is 0. The van der Waals surface area contributed by atoms with Crippen molar-refractivity contribution in [2.75, 3.05) is 0 Å². The summed E-state index contributed by atoms with van der Waals surface area (Å²) < 4.78 is 34.4. The van der Waals surface area contributed by atoms with Gasteiger partial charge in [-0.15, -0.1) is 6.58 Å². The van der Waals surface area contributed by atoms with Crippen LogP contribution in [0.15, 0.2) is 12.7 Å². The van der Waals surface area contributed by atoms with Gasteiger partial charge in [-0.3, -0.25) is 0 Å². The molecule has 0 unspecified atom stereocenters. The van der Waals surface area contributed by atoms with Crippen LogP contribution >= 0.6 is 0 Å². The van der Waals surface area contributed by atoms with Crippen LogP contribution in [-0.4, -0.2) is 6.18 Å². The highest BCUT2D eigenvalue weighted by Gasteiger charge is 2.25. The maximum atomic E-state index is 11.5. The van der Waals surface area contributed by atoms with Crippen LogP contribution in [0.5, 0.6) is 0 Å². The molecule has 0 bridgehead atoms. The summed E-state index contributed by atoms with van der Waals surface area (Å²) in [6.45, 7) is 3.41. The van der Waals surface area contributed by atoms with Gasteiger partial charge in [-0.25, -0.2) is 0 Å². The van der Waals surface area contributed by atoms with E-state index < -0.39 is 12.6 Å². The van der Waals surface area contributed by atoms with Crippen LogP contribution in [-0.2, 0) is 0 Å². The normalized spacial score (nSPS) is 11.5. The van der Waals surface area contributed by atoms with Crippen LogP contribution in [0.1, 0.15) is 25.7 Å². The summed E-state index contributed by atoms with van der Waals surface area (Å²) >= 11 is 0. The standard InChI is InChI=1S/C7H11F3/c1-2-3-4-5-6-7(8,9)10/h2H,1,3-6H2. The molecule has 0 aromatic carbocycles. The fourth-order valence-electron chi connectivity index (χ4n) is 0.614. The van der Waals surface area contributed by atoms with Gasteiger partial charge in [0.05, 0.1) is 0 Å². The molecule has 3 heteroatoms. The third-order valence-corrected chi connectivity index (χ3v) is 1.12. The Morgan fingerprint density at radius 2 is 1.80 bits per heavy atom. The predicted octanol–water partition coefficient (Wildman–Crippen LogP) is 3.30. The molecule has 0 fully saturated rings. The minimum Gasteiger partial charge on any atom is -0.171 e. The molecule has 0 aromatic heterocycles. The Morgan fingerprint density at radius 3 is 2.20 bits per heavy atom. The summed E-state index contributed by atoms with van der Waals surface area (Å²) in [4.78, 5) is 0. The first-order chi connectivity index (χ1) is 4.56. The molecule has 0 rings (SSSR count). The Morgan fingerprint density at radius 1 is 1.20 bits per heavy atom. The lowest BCUT2D eigenvalue weighted by Gasteiger charge is -2.03. The van der Waals surface area contributed by atoms with Crippen molar-refractivity contribution in [3.05, 3.63) is 12.7 Å². The van der Waals surface area contributed by atoms with Crippen molar-refractivity contribution in [2.24, 2.45) is 0 Å². The largest absolute Gasteiger partial charge is 0.389 e. The van der Waals surface area contributed by atoms with Gasteiger partial charge in [0.25, 0.3) is 0 Å². The van der Waals surface area contributed by atoms with Crippen molar-refractivity contribution in [3.8, 4) is 0 Å². The van der Waals surface area contributed by atoms with Gasteiger partial charge in [-0.2, -0.15) is 13.2 Å². The molecule has 0 amide bonds. The van der Waals surface area contributed by atoms with Gasteiger partial charge >= 0.3 is 6.18 Å². The Bertz CT molecular complexity index is 93.5. The van der Waals surface area contributed by atoms with Crippen molar-refractivity contribution in [2.45, 2.75) is 31.9 Å². The monoisotopic (exact) mass is 152 g/mol. The van der Waals surface area contributed by atoms with E-state index in [1.165, 1.54) is 0 Å². The fourth-order valence-corrected chi connectivity index (χ4v) is 0.614. The zero-order chi connectivity index (χ0) is 8.04. The van der Waals surface area contributed by atoms with Gasteiger partial charge < -0.3 is 0 Å². The lowest BCUT2D eigenvalue weighted by atomic mass is 10.2. The van der Waals surface area contributed by atoms with E-state index in [1.807, 2.05) is 0 Å². The van der Waals surface area contributed by atoms with Crippen molar-refractivity contribution in [1.82, 2.24) is 0 Å². The molecule has 0 aliphatic carbocycles. The number of allylic oxidation sites excluding steroid dienone is 1. The third kappa shape index (κ3) is 7.53. The second-order valence-corrected chi connectivity index (χ2v) is 2.15. The van der Waals surface area contributed by atoms with Crippen molar-refractivity contribution in [1.29, 1.82) is 0 Å². The van der Waals surface area contributed by atoms with E-state index >= 15 is 0 Å². The smallest absolute Gasteiger partial charge is 0.171 e. The van der Waals surface area contributed by atoms with Crippen LogP contribution in [0.4, 0.5) is 13.2 Å². The minimum absolute atomic E-state index is 0.218. The number of hydrogen-bond donors (Lipinski definition) is 0. The molecule has 0 saturated carbocycles. The van der Waals surface area contributed by atoms with E-state index in [4.69, 9.17) is 0 Å². The molecule has 0 aliphatic heterocycles.